The Morgan fingerprint density at radius 3 is 2.43 bits per heavy atom. The molecule has 10 nitrogen and oxygen atoms in total. The lowest BCUT2D eigenvalue weighted by Gasteiger charge is -2.36. The Morgan fingerprint density at radius 2 is 1.81 bits per heavy atom. The Labute approximate surface area is 218 Å². The van der Waals surface area contributed by atoms with E-state index in [1.165, 1.54) is 6.92 Å². The third-order valence-corrected chi connectivity index (χ3v) is 7.47. The SMILES string of the molecule is COc1ccc(C(C)C(=O)N(N[C@H](C)C(=O)O)C(=O)[C@@H]2CCCN(C(=O)CCC3CCNCC3)C2)cc1. The van der Waals surface area contributed by atoms with E-state index in [1.54, 1.807) is 43.2 Å². The van der Waals surface area contributed by atoms with E-state index >= 15 is 0 Å². The number of nitrogens with zero attached hydrogens (tertiary/aromatic N) is 2. The molecule has 1 aromatic carbocycles. The molecule has 3 rings (SSSR count). The van der Waals surface area contributed by atoms with Gasteiger partial charge in [-0.1, -0.05) is 12.1 Å². The zero-order valence-electron chi connectivity index (χ0n) is 22.1. The van der Waals surface area contributed by atoms with Crippen LogP contribution in [0.3, 0.4) is 0 Å². The smallest absolute Gasteiger partial charge is 0.322 e. The number of hydrogen-bond acceptors (Lipinski definition) is 7. The Morgan fingerprint density at radius 1 is 1.14 bits per heavy atom. The monoisotopic (exact) mass is 516 g/mol. The molecule has 204 valence electrons. The number of benzene rings is 1. The summed E-state index contributed by atoms with van der Waals surface area (Å²) in [5.41, 5.74) is 3.27. The van der Waals surface area contributed by atoms with Crippen LogP contribution in [0.1, 0.15) is 63.9 Å². The number of nitrogens with one attached hydrogen (secondary N) is 2. The molecular formula is C27H40N4O6. The lowest BCUT2D eigenvalue weighted by Crippen LogP contribution is -2.57. The van der Waals surface area contributed by atoms with E-state index < -0.39 is 35.7 Å². The fraction of sp³-hybridized carbons (Fsp3) is 0.630. The summed E-state index contributed by atoms with van der Waals surface area (Å²) in [4.78, 5) is 53.3. The molecule has 2 saturated heterocycles. The molecule has 2 aliphatic rings. The molecule has 2 fully saturated rings. The largest absolute Gasteiger partial charge is 0.497 e. The van der Waals surface area contributed by atoms with Crippen molar-refractivity contribution < 1.29 is 29.0 Å². The minimum atomic E-state index is -1.18. The molecule has 3 amide bonds. The number of amides is 3. The lowest BCUT2D eigenvalue weighted by molar-refractivity contribution is -0.156. The highest BCUT2D eigenvalue weighted by Gasteiger charge is 2.37. The summed E-state index contributed by atoms with van der Waals surface area (Å²) in [6, 6.07) is 5.80. The second-order valence-electron chi connectivity index (χ2n) is 10.1. The number of hydrazine groups is 1. The Hall–Kier alpha value is -2.98. The molecule has 1 unspecified atom stereocenters. The molecule has 0 saturated carbocycles. The van der Waals surface area contributed by atoms with Crippen LogP contribution in [0.4, 0.5) is 0 Å². The molecule has 0 bridgehead atoms. The molecule has 0 spiro atoms. The number of carbonyl (C=O) groups is 4. The van der Waals surface area contributed by atoms with E-state index in [0.29, 0.717) is 43.0 Å². The van der Waals surface area contributed by atoms with Gasteiger partial charge in [-0.25, -0.2) is 10.4 Å². The normalized spacial score (nSPS) is 20.1. The number of carboxylic acids is 1. The quantitative estimate of drug-likeness (QED) is 0.404. The third-order valence-electron chi connectivity index (χ3n) is 7.47. The van der Waals surface area contributed by atoms with Gasteiger partial charge >= 0.3 is 5.97 Å². The molecule has 0 aromatic heterocycles. The van der Waals surface area contributed by atoms with Gasteiger partial charge in [0.15, 0.2) is 0 Å². The van der Waals surface area contributed by atoms with Crippen molar-refractivity contribution in [3.05, 3.63) is 29.8 Å². The third kappa shape index (κ3) is 7.75. The maximum Gasteiger partial charge on any atom is 0.322 e. The van der Waals surface area contributed by atoms with Gasteiger partial charge in [-0.15, -0.1) is 0 Å². The number of carbonyl (C=O) groups excluding carboxylic acids is 3. The van der Waals surface area contributed by atoms with Crippen LogP contribution in [0, 0.1) is 11.8 Å². The van der Waals surface area contributed by atoms with Gasteiger partial charge in [0, 0.05) is 19.5 Å². The van der Waals surface area contributed by atoms with Crippen molar-refractivity contribution in [2.75, 3.05) is 33.3 Å². The van der Waals surface area contributed by atoms with Gasteiger partial charge in [-0.3, -0.25) is 19.2 Å². The average molecular weight is 517 g/mol. The fourth-order valence-electron chi connectivity index (χ4n) is 4.96. The number of hydrogen-bond donors (Lipinski definition) is 3. The molecule has 37 heavy (non-hydrogen) atoms. The average Bonchev–Trinajstić information content (AvgIpc) is 2.93. The van der Waals surface area contributed by atoms with Gasteiger partial charge in [0.1, 0.15) is 11.8 Å². The van der Waals surface area contributed by atoms with Crippen LogP contribution in [0.25, 0.3) is 0 Å². The van der Waals surface area contributed by atoms with Crippen LogP contribution in [0.15, 0.2) is 24.3 Å². The van der Waals surface area contributed by atoms with Crippen LogP contribution in [0.5, 0.6) is 5.75 Å². The molecular weight excluding hydrogens is 476 g/mol. The maximum atomic E-state index is 13.6. The number of carboxylic acid groups (broad SMARTS) is 1. The zero-order chi connectivity index (χ0) is 26.9. The van der Waals surface area contributed by atoms with E-state index in [0.717, 1.165) is 37.4 Å². The number of ether oxygens (including phenoxy) is 1. The Balaban J connectivity index is 1.69. The maximum absolute atomic E-state index is 13.6. The van der Waals surface area contributed by atoms with Crippen molar-refractivity contribution >= 4 is 23.7 Å². The van der Waals surface area contributed by atoms with E-state index in [4.69, 9.17) is 4.74 Å². The van der Waals surface area contributed by atoms with Gasteiger partial charge in [-0.05, 0) is 82.7 Å². The highest BCUT2D eigenvalue weighted by atomic mass is 16.5. The molecule has 0 aliphatic carbocycles. The minimum absolute atomic E-state index is 0.0346. The van der Waals surface area contributed by atoms with E-state index in [9.17, 15) is 24.3 Å². The van der Waals surface area contributed by atoms with E-state index in [-0.39, 0.29) is 12.5 Å². The van der Waals surface area contributed by atoms with Crippen molar-refractivity contribution in [1.82, 2.24) is 20.7 Å². The van der Waals surface area contributed by atoms with Crippen molar-refractivity contribution in [3.8, 4) is 5.75 Å². The van der Waals surface area contributed by atoms with Gasteiger partial charge < -0.3 is 20.1 Å². The van der Waals surface area contributed by atoms with Crippen LogP contribution in [0.2, 0.25) is 0 Å². The summed E-state index contributed by atoms with van der Waals surface area (Å²) < 4.78 is 5.17. The zero-order valence-corrected chi connectivity index (χ0v) is 22.1. The summed E-state index contributed by atoms with van der Waals surface area (Å²) in [5.74, 6) is -2.30. The first-order valence-corrected chi connectivity index (χ1v) is 13.2. The van der Waals surface area contributed by atoms with Crippen LogP contribution >= 0.6 is 0 Å². The van der Waals surface area contributed by atoms with Gasteiger partial charge in [0.25, 0.3) is 5.91 Å². The van der Waals surface area contributed by atoms with E-state index in [1.807, 2.05) is 0 Å². The second kappa shape index (κ2) is 13.5. The number of imide groups is 1. The number of aliphatic carboxylic acids is 1. The van der Waals surface area contributed by atoms with Gasteiger partial charge in [-0.2, -0.15) is 0 Å². The number of methoxy groups -OCH3 is 1. The molecule has 1 aromatic rings. The minimum Gasteiger partial charge on any atom is -0.497 e. The lowest BCUT2D eigenvalue weighted by atomic mass is 9.92. The molecule has 2 heterocycles. The Bertz CT molecular complexity index is 947. The summed E-state index contributed by atoms with van der Waals surface area (Å²) >= 11 is 0. The predicted octanol–water partition coefficient (Wildman–Crippen LogP) is 2.15. The highest BCUT2D eigenvalue weighted by Crippen LogP contribution is 2.25. The molecule has 3 N–H and O–H groups in total. The summed E-state index contributed by atoms with van der Waals surface area (Å²) in [5, 5.41) is 13.6. The predicted molar refractivity (Wildman–Crippen MR) is 138 cm³/mol. The van der Waals surface area contributed by atoms with Gasteiger partial charge in [0.05, 0.1) is 18.9 Å². The number of likely N-dealkylation sites (tertiary alicyclic amines) is 1. The van der Waals surface area contributed by atoms with Crippen molar-refractivity contribution in [1.29, 1.82) is 0 Å². The van der Waals surface area contributed by atoms with Crippen molar-refractivity contribution in [2.45, 2.75) is 64.3 Å². The first-order valence-electron chi connectivity index (χ1n) is 13.2. The molecule has 0 radical (unpaired) electrons. The number of rotatable bonds is 10. The Kier molecular flexibility index (Phi) is 10.5. The highest BCUT2D eigenvalue weighted by molar-refractivity contribution is 5.99. The first-order chi connectivity index (χ1) is 17.7. The van der Waals surface area contributed by atoms with Crippen molar-refractivity contribution in [3.63, 3.8) is 0 Å². The first kappa shape index (κ1) is 28.6. The molecule has 3 atom stereocenters. The van der Waals surface area contributed by atoms with Crippen molar-refractivity contribution in [2.24, 2.45) is 11.8 Å². The topological polar surface area (TPSA) is 128 Å². The summed E-state index contributed by atoms with van der Waals surface area (Å²) in [6.45, 7) is 5.84. The number of piperidine rings is 2. The molecule has 2 aliphatic heterocycles. The fourth-order valence-corrected chi connectivity index (χ4v) is 4.96. The summed E-state index contributed by atoms with van der Waals surface area (Å²) in [7, 11) is 1.55. The van der Waals surface area contributed by atoms with Gasteiger partial charge in [0.2, 0.25) is 11.8 Å². The standard InChI is InChI=1S/C27H40N4O6/c1-18(21-7-9-23(37-3)10-8-21)25(33)31(29-19(2)27(35)36)26(34)22-5-4-16-30(17-22)24(32)11-6-20-12-14-28-15-13-20/h7-10,18-20,22,28-29H,4-6,11-17H2,1-3H3,(H,35,36)/t18?,19-,22-/m1/s1. The van der Waals surface area contributed by atoms with Crippen LogP contribution in [-0.2, 0) is 19.2 Å². The second-order valence-corrected chi connectivity index (χ2v) is 10.1. The van der Waals surface area contributed by atoms with E-state index in [2.05, 4.69) is 10.7 Å². The summed E-state index contributed by atoms with van der Waals surface area (Å²) in [6.07, 6.45) is 4.63. The van der Waals surface area contributed by atoms with Crippen LogP contribution < -0.4 is 15.5 Å². The van der Waals surface area contributed by atoms with Crippen LogP contribution in [-0.4, -0.2) is 78.0 Å². The molecule has 10 heteroatoms.